The lowest BCUT2D eigenvalue weighted by Crippen LogP contribution is -2.32. The van der Waals surface area contributed by atoms with E-state index in [9.17, 15) is 18.8 Å². The summed E-state index contributed by atoms with van der Waals surface area (Å²) < 4.78 is 17.3. The first kappa shape index (κ1) is 17.0. The molecule has 0 radical (unpaired) electrons. The van der Waals surface area contributed by atoms with Crippen LogP contribution in [0.25, 0.3) is 0 Å². The van der Waals surface area contributed by atoms with Crippen LogP contribution in [-0.2, 0) is 14.3 Å². The van der Waals surface area contributed by atoms with E-state index < -0.39 is 29.1 Å². The van der Waals surface area contributed by atoms with Crippen molar-refractivity contribution < 1.29 is 23.5 Å². The molecule has 0 bridgehead atoms. The molecule has 0 saturated carbocycles. The summed E-state index contributed by atoms with van der Waals surface area (Å²) in [5.41, 5.74) is 2.41. The lowest BCUT2D eigenvalue weighted by molar-refractivity contribution is -0.148. The molecule has 0 spiro atoms. The number of para-hydroxylation sites is 1. The van der Waals surface area contributed by atoms with E-state index in [0.717, 1.165) is 19.2 Å². The van der Waals surface area contributed by atoms with Gasteiger partial charge in [0, 0.05) is 5.56 Å². The third-order valence-electron chi connectivity index (χ3n) is 2.98. The van der Waals surface area contributed by atoms with Crippen molar-refractivity contribution in [1.29, 1.82) is 0 Å². The van der Waals surface area contributed by atoms with Gasteiger partial charge in [0.05, 0.1) is 12.8 Å². The summed E-state index contributed by atoms with van der Waals surface area (Å²) in [6, 6.07) is 13.1. The number of ketones is 2. The number of hydrogen-bond acceptors (Lipinski definition) is 6. The Bertz CT molecular complexity index is 786. The van der Waals surface area contributed by atoms with Crippen molar-refractivity contribution >= 4 is 28.9 Å². The summed E-state index contributed by atoms with van der Waals surface area (Å²) in [6.45, 7) is 0. The number of Topliss-reactive ketones (excluding diaryl/α,β-unsaturated/α-hetero) is 2. The first-order valence-electron chi connectivity index (χ1n) is 6.84. The molecule has 2 aromatic carbocycles. The van der Waals surface area contributed by atoms with Crippen molar-refractivity contribution in [2.24, 2.45) is 5.10 Å². The van der Waals surface area contributed by atoms with Gasteiger partial charge in [0.2, 0.25) is 5.78 Å². The van der Waals surface area contributed by atoms with Crippen molar-refractivity contribution in [2.45, 2.75) is 0 Å². The Hall–Kier alpha value is -3.35. The molecule has 0 aliphatic carbocycles. The quantitative estimate of drug-likeness (QED) is 0.219. The second-order valence-corrected chi connectivity index (χ2v) is 4.59. The normalized spacial score (nSPS) is 10.8. The number of anilines is 1. The van der Waals surface area contributed by atoms with Crippen LogP contribution in [0.2, 0.25) is 0 Å². The Balaban J connectivity index is 2.35. The molecule has 0 aromatic heterocycles. The van der Waals surface area contributed by atoms with Gasteiger partial charge in [0.1, 0.15) is 5.82 Å². The van der Waals surface area contributed by atoms with Crippen molar-refractivity contribution in [3.8, 4) is 0 Å². The summed E-state index contributed by atoms with van der Waals surface area (Å²) in [5, 5.41) is 3.73. The average Bonchev–Trinajstić information content (AvgIpc) is 2.62. The van der Waals surface area contributed by atoms with Crippen LogP contribution in [0.5, 0.6) is 0 Å². The van der Waals surface area contributed by atoms with Crippen LogP contribution in [0.4, 0.5) is 10.1 Å². The Kier molecular flexibility index (Phi) is 5.51. The highest BCUT2D eigenvalue weighted by Crippen LogP contribution is 2.08. The molecule has 6 nitrogen and oxygen atoms in total. The first-order chi connectivity index (χ1) is 11.5. The molecule has 0 amide bonds. The van der Waals surface area contributed by atoms with Crippen molar-refractivity contribution in [3.63, 3.8) is 0 Å². The fraction of sp³-hybridized carbons (Fsp3) is 0.0588. The molecule has 24 heavy (non-hydrogen) atoms. The van der Waals surface area contributed by atoms with Gasteiger partial charge in [-0.3, -0.25) is 15.0 Å². The standard InChI is InChI=1S/C17H13FN2O4/c1-24-17(23)16(22)14(20-19-13-5-3-2-4-6-13)15(21)11-7-9-12(18)10-8-11/h2-10,19H,1H3/b20-14+. The first-order valence-corrected chi connectivity index (χ1v) is 6.84. The lowest BCUT2D eigenvalue weighted by Gasteiger charge is -2.06. The van der Waals surface area contributed by atoms with Crippen molar-refractivity contribution in [3.05, 3.63) is 66.0 Å². The average molecular weight is 328 g/mol. The molecule has 2 aromatic rings. The smallest absolute Gasteiger partial charge is 0.381 e. The third kappa shape index (κ3) is 4.10. The monoisotopic (exact) mass is 328 g/mol. The zero-order chi connectivity index (χ0) is 17.5. The third-order valence-corrected chi connectivity index (χ3v) is 2.98. The van der Waals surface area contributed by atoms with Crippen LogP contribution < -0.4 is 5.43 Å². The van der Waals surface area contributed by atoms with Crippen LogP contribution in [-0.4, -0.2) is 30.4 Å². The molecule has 2 rings (SSSR count). The van der Waals surface area contributed by atoms with Gasteiger partial charge in [-0.25, -0.2) is 9.18 Å². The molecule has 7 heteroatoms. The Morgan fingerprint density at radius 1 is 1.00 bits per heavy atom. The van der Waals surface area contributed by atoms with Gasteiger partial charge in [-0.15, -0.1) is 0 Å². The van der Waals surface area contributed by atoms with Crippen molar-refractivity contribution in [1.82, 2.24) is 0 Å². The molecule has 0 fully saturated rings. The van der Waals surface area contributed by atoms with Crippen LogP contribution >= 0.6 is 0 Å². The molecular weight excluding hydrogens is 315 g/mol. The van der Waals surface area contributed by atoms with E-state index in [2.05, 4.69) is 15.3 Å². The van der Waals surface area contributed by atoms with Gasteiger partial charge in [0.25, 0.3) is 5.78 Å². The van der Waals surface area contributed by atoms with Crippen LogP contribution in [0.15, 0.2) is 59.7 Å². The number of benzene rings is 2. The fourth-order valence-electron chi connectivity index (χ4n) is 1.77. The molecule has 122 valence electrons. The van der Waals surface area contributed by atoms with Gasteiger partial charge in [0.15, 0.2) is 5.71 Å². The number of esters is 1. The second kappa shape index (κ2) is 7.77. The number of methoxy groups -OCH3 is 1. The highest BCUT2D eigenvalue weighted by Gasteiger charge is 2.28. The number of rotatable bonds is 6. The molecule has 0 unspecified atom stereocenters. The highest BCUT2D eigenvalue weighted by molar-refractivity contribution is 6.80. The van der Waals surface area contributed by atoms with E-state index in [4.69, 9.17) is 0 Å². The Labute approximate surface area is 136 Å². The predicted octanol–water partition coefficient (Wildman–Crippen LogP) is 2.22. The van der Waals surface area contributed by atoms with Crippen LogP contribution in [0.3, 0.4) is 0 Å². The van der Waals surface area contributed by atoms with E-state index >= 15 is 0 Å². The maximum absolute atomic E-state index is 13.0. The number of nitrogens with one attached hydrogen (secondary N) is 1. The number of carbonyl (C=O) groups excluding carboxylic acids is 3. The SMILES string of the molecule is COC(=O)C(=O)/C(=N/Nc1ccccc1)C(=O)c1ccc(F)cc1. The predicted molar refractivity (Wildman–Crippen MR) is 85.3 cm³/mol. The van der Waals surface area contributed by atoms with Gasteiger partial charge < -0.3 is 4.74 Å². The number of halogens is 1. The zero-order valence-electron chi connectivity index (χ0n) is 12.7. The topological polar surface area (TPSA) is 84.8 Å². The number of hydrogen-bond donors (Lipinski definition) is 1. The number of nitrogens with zero attached hydrogens (tertiary/aromatic N) is 1. The number of ether oxygens (including phenoxy) is 1. The van der Waals surface area contributed by atoms with E-state index in [1.54, 1.807) is 30.3 Å². The number of hydrazone groups is 1. The lowest BCUT2D eigenvalue weighted by atomic mass is 10.0. The maximum Gasteiger partial charge on any atom is 0.381 e. The minimum atomic E-state index is -1.22. The molecule has 0 saturated heterocycles. The summed E-state index contributed by atoms with van der Waals surface area (Å²) >= 11 is 0. The molecule has 0 heterocycles. The summed E-state index contributed by atoms with van der Waals surface area (Å²) in [5.74, 6) is -3.78. The molecule has 0 aliphatic rings. The minimum absolute atomic E-state index is 0.0160. The van der Waals surface area contributed by atoms with Crippen molar-refractivity contribution in [2.75, 3.05) is 12.5 Å². The Morgan fingerprint density at radius 3 is 2.21 bits per heavy atom. The summed E-state index contributed by atoms with van der Waals surface area (Å²) in [6.07, 6.45) is 0. The van der Waals surface area contributed by atoms with Gasteiger partial charge in [-0.1, -0.05) is 18.2 Å². The minimum Gasteiger partial charge on any atom is -0.463 e. The van der Waals surface area contributed by atoms with Gasteiger partial charge >= 0.3 is 5.97 Å². The number of carbonyl (C=O) groups is 3. The molecule has 1 N–H and O–H groups in total. The molecular formula is C17H13FN2O4. The largest absolute Gasteiger partial charge is 0.463 e. The molecule has 0 aliphatic heterocycles. The van der Waals surface area contributed by atoms with E-state index in [1.807, 2.05) is 0 Å². The van der Waals surface area contributed by atoms with Gasteiger partial charge in [-0.05, 0) is 36.4 Å². The molecule has 0 atom stereocenters. The van der Waals surface area contributed by atoms with Crippen LogP contribution in [0.1, 0.15) is 10.4 Å². The second-order valence-electron chi connectivity index (χ2n) is 4.59. The zero-order valence-corrected chi connectivity index (χ0v) is 12.7. The maximum atomic E-state index is 13.0. The Morgan fingerprint density at radius 2 is 1.62 bits per heavy atom. The summed E-state index contributed by atoms with van der Waals surface area (Å²) in [7, 11) is 1.02. The highest BCUT2D eigenvalue weighted by atomic mass is 19.1. The summed E-state index contributed by atoms with van der Waals surface area (Å²) in [4.78, 5) is 35.9. The fourth-order valence-corrected chi connectivity index (χ4v) is 1.77. The van der Waals surface area contributed by atoms with E-state index in [-0.39, 0.29) is 5.56 Å². The van der Waals surface area contributed by atoms with E-state index in [0.29, 0.717) is 5.69 Å². The van der Waals surface area contributed by atoms with E-state index in [1.165, 1.54) is 12.1 Å². The van der Waals surface area contributed by atoms with Gasteiger partial charge in [-0.2, -0.15) is 5.10 Å². The van der Waals surface area contributed by atoms with Crippen LogP contribution in [0, 0.1) is 5.82 Å².